The Morgan fingerprint density at radius 3 is 3.00 bits per heavy atom. The van der Waals surface area contributed by atoms with E-state index in [1.165, 1.54) is 5.69 Å². The molecule has 3 heterocycles. The van der Waals surface area contributed by atoms with Crippen LogP contribution in [0.4, 0.5) is 4.39 Å². The van der Waals surface area contributed by atoms with E-state index in [1.54, 1.807) is 6.07 Å². The first-order valence-electron chi connectivity index (χ1n) is 7.70. The molecule has 22 heavy (non-hydrogen) atoms. The van der Waals surface area contributed by atoms with Crippen molar-refractivity contribution in [2.24, 2.45) is 0 Å². The third-order valence-corrected chi connectivity index (χ3v) is 5.37. The minimum Gasteiger partial charge on any atom is -0.342 e. The van der Waals surface area contributed by atoms with Gasteiger partial charge >= 0.3 is 0 Å². The van der Waals surface area contributed by atoms with E-state index >= 15 is 0 Å². The highest BCUT2D eigenvalue weighted by Crippen LogP contribution is 2.33. The second-order valence-electron chi connectivity index (χ2n) is 6.40. The molecule has 1 aromatic heterocycles. The number of aromatic nitrogens is 1. The number of hydrogen-bond donors (Lipinski definition) is 1. The third-order valence-electron chi connectivity index (χ3n) is 4.88. The van der Waals surface area contributed by atoms with E-state index < -0.39 is 0 Å². The Morgan fingerprint density at radius 2 is 2.23 bits per heavy atom. The monoisotopic (exact) mass is 363 g/mol. The molecular weight excluding hydrogens is 345 g/mol. The lowest BCUT2D eigenvalue weighted by Gasteiger charge is -2.42. The van der Waals surface area contributed by atoms with Crippen LogP contribution in [0.1, 0.15) is 17.7 Å². The summed E-state index contributed by atoms with van der Waals surface area (Å²) < 4.78 is 17.4. The summed E-state index contributed by atoms with van der Waals surface area (Å²) in [4.78, 5) is 2.37. The molecule has 1 fully saturated rings. The zero-order chi connectivity index (χ0) is 15.2. The molecular formula is C17H19BrFN3. The molecule has 0 amide bonds. The van der Waals surface area contributed by atoms with Gasteiger partial charge in [0.05, 0.1) is 5.54 Å². The zero-order valence-corrected chi connectivity index (χ0v) is 13.9. The number of nitrogens with one attached hydrogen (secondary N) is 1. The van der Waals surface area contributed by atoms with Crippen LogP contribution in [0, 0.1) is 5.82 Å². The molecule has 0 bridgehead atoms. The van der Waals surface area contributed by atoms with Crippen LogP contribution in [0.2, 0.25) is 0 Å². The Labute approximate surface area is 138 Å². The van der Waals surface area contributed by atoms with Crippen LogP contribution in [0.5, 0.6) is 0 Å². The summed E-state index contributed by atoms with van der Waals surface area (Å²) in [6.45, 7) is 4.56. The van der Waals surface area contributed by atoms with Gasteiger partial charge in [-0.2, -0.15) is 0 Å². The molecule has 1 spiro atoms. The average Bonchev–Trinajstić information content (AvgIpc) is 3.12. The van der Waals surface area contributed by atoms with Gasteiger partial charge in [-0.1, -0.05) is 22.0 Å². The van der Waals surface area contributed by atoms with Crippen LogP contribution in [0.25, 0.3) is 0 Å². The van der Waals surface area contributed by atoms with Crippen LogP contribution >= 0.6 is 15.9 Å². The predicted octanol–water partition coefficient (Wildman–Crippen LogP) is 3.09. The van der Waals surface area contributed by atoms with Crippen molar-refractivity contribution in [3.05, 3.63) is 58.1 Å². The molecule has 1 N–H and O–H groups in total. The Kier molecular flexibility index (Phi) is 3.59. The third kappa shape index (κ3) is 2.41. The molecule has 4 rings (SSSR count). The first kappa shape index (κ1) is 14.4. The van der Waals surface area contributed by atoms with Gasteiger partial charge in [-0.25, -0.2) is 4.39 Å². The summed E-state index contributed by atoms with van der Waals surface area (Å²) in [5.74, 6) is -0.131. The van der Waals surface area contributed by atoms with E-state index in [-0.39, 0.29) is 11.4 Å². The van der Waals surface area contributed by atoms with Crippen molar-refractivity contribution >= 4 is 15.9 Å². The average molecular weight is 364 g/mol. The van der Waals surface area contributed by atoms with Gasteiger partial charge in [-0.05, 0) is 37.2 Å². The molecule has 1 saturated heterocycles. The first-order chi connectivity index (χ1) is 10.7. The lowest BCUT2D eigenvalue weighted by atomic mass is 9.94. The maximum atomic E-state index is 14.1. The highest BCUT2D eigenvalue weighted by atomic mass is 79.9. The highest BCUT2D eigenvalue weighted by Gasteiger charge is 2.41. The second kappa shape index (κ2) is 5.48. The molecule has 116 valence electrons. The molecule has 1 aromatic carbocycles. The smallest absolute Gasteiger partial charge is 0.128 e. The highest BCUT2D eigenvalue weighted by molar-refractivity contribution is 9.10. The Balaban J connectivity index is 1.62. The number of hydrogen-bond acceptors (Lipinski definition) is 2. The van der Waals surface area contributed by atoms with Gasteiger partial charge < -0.3 is 9.88 Å². The molecule has 1 unspecified atom stereocenters. The molecule has 2 aromatic rings. The Morgan fingerprint density at radius 1 is 1.32 bits per heavy atom. The van der Waals surface area contributed by atoms with Gasteiger partial charge in [-0.3, -0.25) is 4.90 Å². The molecule has 0 aliphatic carbocycles. The fourth-order valence-electron chi connectivity index (χ4n) is 3.86. The van der Waals surface area contributed by atoms with E-state index in [9.17, 15) is 4.39 Å². The topological polar surface area (TPSA) is 20.2 Å². The SMILES string of the molecule is Fc1cc(Br)ccc1CN1Cc2cccn2C2(CCNC2)C1. The largest absolute Gasteiger partial charge is 0.342 e. The zero-order valence-electron chi connectivity index (χ0n) is 12.4. The molecule has 0 radical (unpaired) electrons. The van der Waals surface area contributed by atoms with Crippen LogP contribution in [0.3, 0.4) is 0 Å². The van der Waals surface area contributed by atoms with Crippen molar-refractivity contribution in [2.45, 2.75) is 25.0 Å². The van der Waals surface area contributed by atoms with E-state index in [4.69, 9.17) is 0 Å². The van der Waals surface area contributed by atoms with Crippen LogP contribution in [-0.4, -0.2) is 29.1 Å². The minimum absolute atomic E-state index is 0.128. The molecule has 5 heteroatoms. The molecule has 2 aliphatic rings. The van der Waals surface area contributed by atoms with Gasteiger partial charge in [0.1, 0.15) is 5.82 Å². The summed E-state index contributed by atoms with van der Waals surface area (Å²) in [7, 11) is 0. The van der Waals surface area contributed by atoms with E-state index in [0.29, 0.717) is 6.54 Å². The second-order valence-corrected chi connectivity index (χ2v) is 7.32. The number of fused-ring (bicyclic) bond motifs is 2. The van der Waals surface area contributed by atoms with E-state index in [0.717, 1.165) is 42.6 Å². The van der Waals surface area contributed by atoms with Gasteiger partial charge in [0.25, 0.3) is 0 Å². The maximum absolute atomic E-state index is 14.1. The summed E-state index contributed by atoms with van der Waals surface area (Å²) in [6.07, 6.45) is 3.33. The number of benzene rings is 1. The molecule has 1 atom stereocenters. The number of rotatable bonds is 2. The van der Waals surface area contributed by atoms with Crippen LogP contribution < -0.4 is 5.32 Å². The van der Waals surface area contributed by atoms with E-state index in [1.807, 2.05) is 12.1 Å². The van der Waals surface area contributed by atoms with Gasteiger partial charge in [0.15, 0.2) is 0 Å². The van der Waals surface area contributed by atoms with Crippen molar-refractivity contribution in [2.75, 3.05) is 19.6 Å². The lowest BCUT2D eigenvalue weighted by Crippen LogP contribution is -2.51. The van der Waals surface area contributed by atoms with Gasteiger partial charge in [0, 0.05) is 48.1 Å². The Hall–Kier alpha value is -1.17. The fraction of sp³-hybridized carbons (Fsp3) is 0.412. The van der Waals surface area contributed by atoms with E-state index in [2.05, 4.69) is 49.0 Å². The predicted molar refractivity (Wildman–Crippen MR) is 88.1 cm³/mol. The van der Waals surface area contributed by atoms with Crippen molar-refractivity contribution in [3.8, 4) is 0 Å². The lowest BCUT2D eigenvalue weighted by molar-refractivity contribution is 0.113. The summed E-state index contributed by atoms with van der Waals surface area (Å²) in [5, 5.41) is 3.49. The first-order valence-corrected chi connectivity index (χ1v) is 8.49. The van der Waals surface area contributed by atoms with Crippen molar-refractivity contribution in [3.63, 3.8) is 0 Å². The molecule has 3 nitrogen and oxygen atoms in total. The van der Waals surface area contributed by atoms with Crippen LogP contribution in [-0.2, 0) is 18.6 Å². The summed E-state index contributed by atoms with van der Waals surface area (Å²) >= 11 is 3.32. The summed E-state index contributed by atoms with van der Waals surface area (Å²) in [6, 6.07) is 9.66. The van der Waals surface area contributed by atoms with Crippen LogP contribution in [0.15, 0.2) is 41.0 Å². The quantitative estimate of drug-likeness (QED) is 0.884. The van der Waals surface area contributed by atoms with Crippen molar-refractivity contribution in [1.29, 1.82) is 0 Å². The Bertz CT molecular complexity index is 691. The number of halogens is 2. The maximum Gasteiger partial charge on any atom is 0.128 e. The summed E-state index contributed by atoms with van der Waals surface area (Å²) in [5.41, 5.74) is 2.22. The normalized spacial score (nSPS) is 24.8. The van der Waals surface area contributed by atoms with Crippen molar-refractivity contribution < 1.29 is 4.39 Å². The standard InChI is InChI=1S/C17H19BrFN3/c18-14-4-3-13(16(19)8-14)9-21-10-15-2-1-7-22(15)17(12-21)5-6-20-11-17/h1-4,7-8,20H,5-6,9-12H2. The molecule has 2 aliphatic heterocycles. The minimum atomic E-state index is -0.131. The molecule has 0 saturated carbocycles. The fourth-order valence-corrected chi connectivity index (χ4v) is 4.19. The van der Waals surface area contributed by atoms with Gasteiger partial charge in [-0.15, -0.1) is 0 Å². The number of nitrogens with zero attached hydrogens (tertiary/aromatic N) is 2. The van der Waals surface area contributed by atoms with Crippen molar-refractivity contribution in [1.82, 2.24) is 14.8 Å². The van der Waals surface area contributed by atoms with Gasteiger partial charge in [0.2, 0.25) is 0 Å².